The number of carbonyl (C=O) groups is 1. The Morgan fingerprint density at radius 1 is 1.00 bits per heavy atom. The van der Waals surface area contributed by atoms with Crippen molar-refractivity contribution in [1.82, 2.24) is 14.7 Å². The maximum Gasteiger partial charge on any atom is 0.225 e. The van der Waals surface area contributed by atoms with Crippen LogP contribution in [-0.4, -0.2) is 80.1 Å². The van der Waals surface area contributed by atoms with Gasteiger partial charge in [-0.3, -0.25) is 4.79 Å². The normalized spacial score (nSPS) is 20.9. The van der Waals surface area contributed by atoms with Crippen molar-refractivity contribution >= 4 is 5.91 Å². The maximum atomic E-state index is 13.5. The molecule has 1 amide bonds. The molecule has 1 aromatic carbocycles. The van der Waals surface area contributed by atoms with Crippen LogP contribution in [0.15, 0.2) is 18.2 Å². The molecule has 0 bridgehead atoms. The molecule has 0 atom stereocenters. The van der Waals surface area contributed by atoms with Crippen molar-refractivity contribution in [2.75, 3.05) is 59.5 Å². The number of rotatable bonds is 7. The van der Waals surface area contributed by atoms with E-state index in [9.17, 15) is 4.79 Å². The van der Waals surface area contributed by atoms with Gasteiger partial charge in [-0.05, 0) is 50.6 Å². The molecule has 0 spiro atoms. The summed E-state index contributed by atoms with van der Waals surface area (Å²) in [7, 11) is 2.19. The second-order valence-corrected chi connectivity index (χ2v) is 9.42. The molecule has 0 radical (unpaired) electrons. The maximum absolute atomic E-state index is 13.5. The van der Waals surface area contributed by atoms with Crippen molar-refractivity contribution in [2.24, 2.45) is 5.92 Å². The zero-order chi connectivity index (χ0) is 21.5. The highest BCUT2D eigenvalue weighted by atomic mass is 16.6. The van der Waals surface area contributed by atoms with Crippen LogP contribution in [0.4, 0.5) is 0 Å². The third kappa shape index (κ3) is 6.36. The van der Waals surface area contributed by atoms with Gasteiger partial charge in [0.15, 0.2) is 11.5 Å². The molecule has 172 valence electrons. The highest BCUT2D eigenvalue weighted by molar-refractivity contribution is 5.79. The van der Waals surface area contributed by atoms with E-state index in [4.69, 9.17) is 9.47 Å². The predicted molar refractivity (Wildman–Crippen MR) is 123 cm³/mol. The standard InChI is InChI=1S/C25H39N3O3/c1-26-13-15-27(16-14-26)11-6-12-28(25(29)22-7-4-2-3-5-8-22)20-21-9-10-23-24(19-21)31-18-17-30-23/h9-10,19,22H,2-8,11-18,20H2,1H3. The van der Waals surface area contributed by atoms with Gasteiger partial charge in [-0.25, -0.2) is 0 Å². The van der Waals surface area contributed by atoms with Gasteiger partial charge in [-0.2, -0.15) is 0 Å². The summed E-state index contributed by atoms with van der Waals surface area (Å²) in [6.07, 6.45) is 8.06. The third-order valence-corrected chi connectivity index (χ3v) is 6.99. The molecule has 1 aromatic rings. The minimum Gasteiger partial charge on any atom is -0.486 e. The molecule has 6 nitrogen and oxygen atoms in total. The molecular formula is C25H39N3O3. The molecule has 3 aliphatic rings. The Balaban J connectivity index is 1.39. The minimum atomic E-state index is 0.198. The van der Waals surface area contributed by atoms with Gasteiger partial charge in [-0.1, -0.05) is 31.7 Å². The second-order valence-electron chi connectivity index (χ2n) is 9.42. The molecule has 31 heavy (non-hydrogen) atoms. The van der Waals surface area contributed by atoms with Gasteiger partial charge in [0.1, 0.15) is 13.2 Å². The summed E-state index contributed by atoms with van der Waals surface area (Å²) in [6, 6.07) is 6.13. The Labute approximate surface area is 187 Å². The van der Waals surface area contributed by atoms with Crippen molar-refractivity contribution in [3.63, 3.8) is 0 Å². The fourth-order valence-electron chi connectivity index (χ4n) is 5.01. The molecule has 1 saturated heterocycles. The first kappa shape index (κ1) is 22.4. The van der Waals surface area contributed by atoms with Crippen LogP contribution in [-0.2, 0) is 11.3 Å². The summed E-state index contributed by atoms with van der Waals surface area (Å²) in [5, 5.41) is 0. The van der Waals surface area contributed by atoms with Crippen molar-refractivity contribution in [3.8, 4) is 11.5 Å². The number of carbonyl (C=O) groups excluding carboxylic acids is 1. The molecule has 2 heterocycles. The van der Waals surface area contributed by atoms with Crippen LogP contribution in [0.2, 0.25) is 0 Å². The lowest BCUT2D eigenvalue weighted by Crippen LogP contribution is -2.45. The van der Waals surface area contributed by atoms with Gasteiger partial charge < -0.3 is 24.2 Å². The first-order chi connectivity index (χ1) is 15.2. The van der Waals surface area contributed by atoms with Crippen molar-refractivity contribution in [3.05, 3.63) is 23.8 Å². The summed E-state index contributed by atoms with van der Waals surface area (Å²) in [4.78, 5) is 20.6. The highest BCUT2D eigenvalue weighted by Crippen LogP contribution is 2.32. The van der Waals surface area contributed by atoms with Crippen LogP contribution in [0.5, 0.6) is 11.5 Å². The van der Waals surface area contributed by atoms with E-state index in [-0.39, 0.29) is 5.92 Å². The number of nitrogens with zero attached hydrogens (tertiary/aromatic N) is 3. The average Bonchev–Trinajstić information content (AvgIpc) is 3.09. The second kappa shape index (κ2) is 11.2. The van der Waals surface area contributed by atoms with Crippen LogP contribution < -0.4 is 9.47 Å². The van der Waals surface area contributed by atoms with E-state index >= 15 is 0 Å². The van der Waals surface area contributed by atoms with Crippen molar-refractivity contribution in [2.45, 2.75) is 51.5 Å². The zero-order valence-electron chi connectivity index (χ0n) is 19.2. The fourth-order valence-corrected chi connectivity index (χ4v) is 5.01. The number of fused-ring (bicyclic) bond motifs is 1. The predicted octanol–water partition coefficient (Wildman–Crippen LogP) is 3.39. The first-order valence-electron chi connectivity index (χ1n) is 12.3. The van der Waals surface area contributed by atoms with Gasteiger partial charge in [-0.15, -0.1) is 0 Å². The van der Waals surface area contributed by atoms with Crippen LogP contribution in [0, 0.1) is 5.92 Å². The van der Waals surface area contributed by atoms with E-state index in [0.717, 1.165) is 75.6 Å². The molecule has 0 unspecified atom stereocenters. The molecule has 4 rings (SSSR count). The van der Waals surface area contributed by atoms with E-state index < -0.39 is 0 Å². The largest absolute Gasteiger partial charge is 0.486 e. The van der Waals surface area contributed by atoms with E-state index in [0.29, 0.717) is 25.7 Å². The monoisotopic (exact) mass is 429 g/mol. The van der Waals surface area contributed by atoms with E-state index in [1.807, 2.05) is 6.07 Å². The van der Waals surface area contributed by atoms with E-state index in [2.05, 4.69) is 33.9 Å². The zero-order valence-corrected chi connectivity index (χ0v) is 19.2. The van der Waals surface area contributed by atoms with Crippen molar-refractivity contribution < 1.29 is 14.3 Å². The van der Waals surface area contributed by atoms with Crippen LogP contribution >= 0.6 is 0 Å². The minimum absolute atomic E-state index is 0.198. The third-order valence-electron chi connectivity index (χ3n) is 6.99. The Kier molecular flexibility index (Phi) is 8.09. The Morgan fingerprint density at radius 3 is 2.45 bits per heavy atom. The summed E-state index contributed by atoms with van der Waals surface area (Å²) < 4.78 is 11.4. The Morgan fingerprint density at radius 2 is 1.71 bits per heavy atom. The molecular weight excluding hydrogens is 390 g/mol. The molecule has 0 aromatic heterocycles. The van der Waals surface area contributed by atoms with Gasteiger partial charge >= 0.3 is 0 Å². The topological polar surface area (TPSA) is 45.2 Å². The number of likely N-dealkylation sites (N-methyl/N-ethyl adjacent to an activating group) is 1. The molecule has 6 heteroatoms. The van der Waals surface area contributed by atoms with Crippen molar-refractivity contribution in [1.29, 1.82) is 0 Å². The first-order valence-corrected chi connectivity index (χ1v) is 12.3. The average molecular weight is 430 g/mol. The molecule has 1 saturated carbocycles. The van der Waals surface area contributed by atoms with Gasteiger partial charge in [0.05, 0.1) is 0 Å². The lowest BCUT2D eigenvalue weighted by Gasteiger charge is -2.33. The Hall–Kier alpha value is -1.79. The lowest BCUT2D eigenvalue weighted by atomic mass is 9.98. The summed E-state index contributed by atoms with van der Waals surface area (Å²) in [5.74, 6) is 2.17. The van der Waals surface area contributed by atoms with Gasteiger partial charge in [0.2, 0.25) is 5.91 Å². The number of amides is 1. The molecule has 1 aliphatic carbocycles. The fraction of sp³-hybridized carbons (Fsp3) is 0.720. The van der Waals surface area contributed by atoms with Crippen LogP contribution in [0.1, 0.15) is 50.5 Å². The van der Waals surface area contributed by atoms with Gasteiger partial charge in [0.25, 0.3) is 0 Å². The summed E-state index contributed by atoms with van der Waals surface area (Å²) in [6.45, 7) is 8.31. The molecule has 2 fully saturated rings. The molecule has 2 aliphatic heterocycles. The highest BCUT2D eigenvalue weighted by Gasteiger charge is 2.26. The number of benzene rings is 1. The van der Waals surface area contributed by atoms with E-state index in [1.54, 1.807) is 0 Å². The number of piperazine rings is 1. The SMILES string of the molecule is CN1CCN(CCCN(Cc2ccc3c(c2)OCCO3)C(=O)C2CCCCCC2)CC1. The Bertz CT molecular complexity index is 710. The van der Waals surface area contributed by atoms with E-state index in [1.165, 1.54) is 25.7 Å². The summed E-state index contributed by atoms with van der Waals surface area (Å²) in [5.41, 5.74) is 1.13. The smallest absolute Gasteiger partial charge is 0.225 e. The van der Waals surface area contributed by atoms with Gasteiger partial charge in [0, 0.05) is 45.2 Å². The number of hydrogen-bond acceptors (Lipinski definition) is 5. The summed E-state index contributed by atoms with van der Waals surface area (Å²) >= 11 is 0. The number of hydrogen-bond donors (Lipinski definition) is 0. The number of ether oxygens (including phenoxy) is 2. The molecule has 0 N–H and O–H groups in total. The van der Waals surface area contributed by atoms with Crippen LogP contribution in [0.25, 0.3) is 0 Å². The lowest BCUT2D eigenvalue weighted by molar-refractivity contribution is -0.136. The quantitative estimate of drug-likeness (QED) is 0.622. The van der Waals surface area contributed by atoms with Crippen LogP contribution in [0.3, 0.4) is 0 Å².